The summed E-state index contributed by atoms with van der Waals surface area (Å²) in [5.41, 5.74) is 2.49. The first-order valence-electron chi connectivity index (χ1n) is 8.82. The van der Waals surface area contributed by atoms with Crippen molar-refractivity contribution in [1.82, 2.24) is 10.2 Å². The molecule has 1 atom stereocenters. The predicted molar refractivity (Wildman–Crippen MR) is 100 cm³/mol. The van der Waals surface area contributed by atoms with Crippen molar-refractivity contribution in [3.63, 3.8) is 0 Å². The van der Waals surface area contributed by atoms with Gasteiger partial charge in [0.25, 0.3) is 0 Å². The molecule has 0 aliphatic carbocycles. The molecule has 3 rings (SSSR count). The van der Waals surface area contributed by atoms with Gasteiger partial charge in [0.1, 0.15) is 0 Å². The molecular weight excluding hydrogens is 316 g/mol. The van der Waals surface area contributed by atoms with Gasteiger partial charge in [-0.15, -0.1) is 11.3 Å². The molecule has 1 aromatic heterocycles. The molecule has 3 nitrogen and oxygen atoms in total. The third-order valence-corrected chi connectivity index (χ3v) is 5.64. The third-order valence-electron chi connectivity index (χ3n) is 4.67. The summed E-state index contributed by atoms with van der Waals surface area (Å²) in [5.74, 6) is 0.150. The van der Waals surface area contributed by atoms with Crippen LogP contribution in [0.4, 0.5) is 0 Å². The monoisotopic (exact) mass is 342 g/mol. The molecule has 1 N–H and O–H groups in total. The Hall–Kier alpha value is -1.65. The van der Waals surface area contributed by atoms with E-state index in [0.29, 0.717) is 19.0 Å². The number of thiophene rings is 1. The summed E-state index contributed by atoms with van der Waals surface area (Å²) in [6.45, 7) is 5.09. The summed E-state index contributed by atoms with van der Waals surface area (Å²) in [5, 5.41) is 5.28. The molecule has 1 fully saturated rings. The van der Waals surface area contributed by atoms with Crippen molar-refractivity contribution >= 4 is 17.2 Å². The van der Waals surface area contributed by atoms with E-state index in [1.54, 1.807) is 11.3 Å². The Bertz CT molecular complexity index is 647. The molecule has 0 spiro atoms. The molecule has 1 aliphatic heterocycles. The van der Waals surface area contributed by atoms with Crippen LogP contribution in [0, 0.1) is 6.92 Å². The SMILES string of the molecule is Cc1cccc(CCC(=O)NCC(c2cccs2)N2CCCC2)c1. The van der Waals surface area contributed by atoms with E-state index in [4.69, 9.17) is 0 Å². The number of hydrogen-bond donors (Lipinski definition) is 1. The summed E-state index contributed by atoms with van der Waals surface area (Å²) in [4.78, 5) is 16.1. The number of carbonyl (C=O) groups excluding carboxylic acids is 1. The normalized spacial score (nSPS) is 16.2. The number of benzene rings is 1. The zero-order chi connectivity index (χ0) is 16.8. The van der Waals surface area contributed by atoms with E-state index >= 15 is 0 Å². The van der Waals surface area contributed by atoms with Crippen LogP contribution in [0.5, 0.6) is 0 Å². The Labute approximate surface area is 148 Å². The highest BCUT2D eigenvalue weighted by atomic mass is 32.1. The highest BCUT2D eigenvalue weighted by Gasteiger charge is 2.24. The largest absolute Gasteiger partial charge is 0.354 e. The van der Waals surface area contributed by atoms with Crippen molar-refractivity contribution in [2.75, 3.05) is 19.6 Å². The second kappa shape index (κ2) is 8.45. The molecule has 1 amide bonds. The standard InChI is InChI=1S/C20H26N2OS/c1-16-6-4-7-17(14-16)9-10-20(23)21-15-18(19-8-5-13-24-19)22-11-2-3-12-22/h4-8,13-14,18H,2-3,9-12,15H2,1H3,(H,21,23). The van der Waals surface area contributed by atoms with E-state index in [2.05, 4.69) is 58.9 Å². The van der Waals surface area contributed by atoms with E-state index in [9.17, 15) is 4.79 Å². The van der Waals surface area contributed by atoms with Gasteiger partial charge in [0, 0.05) is 17.8 Å². The van der Waals surface area contributed by atoms with Gasteiger partial charge < -0.3 is 5.32 Å². The molecule has 1 aliphatic rings. The maximum absolute atomic E-state index is 12.3. The fourth-order valence-corrected chi connectivity index (χ4v) is 4.23. The van der Waals surface area contributed by atoms with Gasteiger partial charge in [0.15, 0.2) is 0 Å². The minimum absolute atomic E-state index is 0.150. The molecule has 2 aromatic rings. The fraction of sp³-hybridized carbons (Fsp3) is 0.450. The molecule has 1 aromatic carbocycles. The Balaban J connectivity index is 1.51. The maximum Gasteiger partial charge on any atom is 0.220 e. The van der Waals surface area contributed by atoms with Crippen molar-refractivity contribution in [2.24, 2.45) is 0 Å². The molecule has 1 saturated heterocycles. The zero-order valence-electron chi connectivity index (χ0n) is 14.3. The molecule has 2 heterocycles. The van der Waals surface area contributed by atoms with Gasteiger partial charge in [-0.3, -0.25) is 9.69 Å². The topological polar surface area (TPSA) is 32.3 Å². The Morgan fingerprint density at radius 2 is 2.08 bits per heavy atom. The van der Waals surface area contributed by atoms with E-state index in [1.807, 2.05) is 0 Å². The van der Waals surface area contributed by atoms with E-state index < -0.39 is 0 Å². The van der Waals surface area contributed by atoms with Gasteiger partial charge in [-0.25, -0.2) is 0 Å². The molecule has 0 radical (unpaired) electrons. The molecule has 0 bridgehead atoms. The van der Waals surface area contributed by atoms with Gasteiger partial charge in [-0.05, 0) is 56.3 Å². The smallest absolute Gasteiger partial charge is 0.220 e. The minimum Gasteiger partial charge on any atom is -0.354 e. The Morgan fingerprint density at radius 1 is 1.25 bits per heavy atom. The van der Waals surface area contributed by atoms with E-state index in [-0.39, 0.29) is 5.91 Å². The van der Waals surface area contributed by atoms with Crippen LogP contribution in [0.25, 0.3) is 0 Å². The van der Waals surface area contributed by atoms with Crippen molar-refractivity contribution in [3.05, 3.63) is 57.8 Å². The van der Waals surface area contributed by atoms with Crippen LogP contribution in [0.1, 0.15) is 41.3 Å². The van der Waals surface area contributed by atoms with Crippen LogP contribution in [-0.2, 0) is 11.2 Å². The lowest BCUT2D eigenvalue weighted by atomic mass is 10.1. The third kappa shape index (κ3) is 4.68. The average Bonchev–Trinajstić information content (AvgIpc) is 3.27. The van der Waals surface area contributed by atoms with Crippen LogP contribution in [-0.4, -0.2) is 30.4 Å². The number of amides is 1. The fourth-order valence-electron chi connectivity index (χ4n) is 3.37. The Kier molecular flexibility index (Phi) is 6.05. The van der Waals surface area contributed by atoms with E-state index in [1.165, 1.54) is 28.8 Å². The number of rotatable bonds is 7. The van der Waals surface area contributed by atoms with Crippen LogP contribution in [0.3, 0.4) is 0 Å². The molecule has 24 heavy (non-hydrogen) atoms. The number of aryl methyl sites for hydroxylation is 2. The first-order valence-corrected chi connectivity index (χ1v) is 9.70. The van der Waals surface area contributed by atoms with Gasteiger partial charge in [-0.1, -0.05) is 35.9 Å². The lowest BCUT2D eigenvalue weighted by molar-refractivity contribution is -0.121. The molecule has 1 unspecified atom stereocenters. The van der Waals surface area contributed by atoms with Crippen LogP contribution in [0.2, 0.25) is 0 Å². The van der Waals surface area contributed by atoms with Crippen LogP contribution >= 0.6 is 11.3 Å². The number of nitrogens with one attached hydrogen (secondary N) is 1. The number of likely N-dealkylation sites (tertiary alicyclic amines) is 1. The Morgan fingerprint density at radius 3 is 2.79 bits per heavy atom. The molecule has 128 valence electrons. The first kappa shape index (κ1) is 17.2. The zero-order valence-corrected chi connectivity index (χ0v) is 15.1. The van der Waals surface area contributed by atoms with Crippen molar-refractivity contribution in [2.45, 2.75) is 38.6 Å². The lowest BCUT2D eigenvalue weighted by Gasteiger charge is -2.26. The summed E-state index contributed by atoms with van der Waals surface area (Å²) < 4.78 is 0. The average molecular weight is 343 g/mol. The highest BCUT2D eigenvalue weighted by molar-refractivity contribution is 7.10. The second-order valence-corrected chi connectivity index (χ2v) is 7.55. The van der Waals surface area contributed by atoms with Gasteiger partial charge in [0.2, 0.25) is 5.91 Å². The van der Waals surface area contributed by atoms with Crippen molar-refractivity contribution in [1.29, 1.82) is 0 Å². The molecular formula is C20H26N2OS. The summed E-state index contributed by atoms with van der Waals surface area (Å²) >= 11 is 1.79. The summed E-state index contributed by atoms with van der Waals surface area (Å²) in [6, 6.07) is 13.0. The van der Waals surface area contributed by atoms with Crippen LogP contribution in [0.15, 0.2) is 41.8 Å². The number of hydrogen-bond acceptors (Lipinski definition) is 3. The van der Waals surface area contributed by atoms with Crippen molar-refractivity contribution in [3.8, 4) is 0 Å². The molecule has 4 heteroatoms. The maximum atomic E-state index is 12.3. The minimum atomic E-state index is 0.150. The highest BCUT2D eigenvalue weighted by Crippen LogP contribution is 2.27. The predicted octanol–water partition coefficient (Wildman–Crippen LogP) is 3.94. The molecule has 0 saturated carbocycles. The number of nitrogens with zero attached hydrogens (tertiary/aromatic N) is 1. The first-order chi connectivity index (χ1) is 11.7. The lowest BCUT2D eigenvalue weighted by Crippen LogP contribution is -2.36. The summed E-state index contributed by atoms with van der Waals surface area (Å²) in [6.07, 6.45) is 3.90. The number of carbonyl (C=O) groups is 1. The van der Waals surface area contributed by atoms with Gasteiger partial charge >= 0.3 is 0 Å². The van der Waals surface area contributed by atoms with E-state index in [0.717, 1.165) is 19.5 Å². The van der Waals surface area contributed by atoms with Gasteiger partial charge in [-0.2, -0.15) is 0 Å². The van der Waals surface area contributed by atoms with Crippen LogP contribution < -0.4 is 5.32 Å². The summed E-state index contributed by atoms with van der Waals surface area (Å²) in [7, 11) is 0. The van der Waals surface area contributed by atoms with Crippen molar-refractivity contribution < 1.29 is 4.79 Å². The van der Waals surface area contributed by atoms with Gasteiger partial charge in [0.05, 0.1) is 6.04 Å². The second-order valence-electron chi connectivity index (χ2n) is 6.57. The quantitative estimate of drug-likeness (QED) is 0.826.